The summed E-state index contributed by atoms with van der Waals surface area (Å²) in [5.74, 6) is 1.01. The van der Waals surface area contributed by atoms with Crippen molar-refractivity contribution in [1.29, 1.82) is 0 Å². The van der Waals surface area contributed by atoms with Gasteiger partial charge in [-0.1, -0.05) is 6.42 Å². The zero-order chi connectivity index (χ0) is 17.4. The number of urea groups is 1. The van der Waals surface area contributed by atoms with E-state index in [0.717, 1.165) is 31.6 Å². The van der Waals surface area contributed by atoms with Crippen LogP contribution in [0.1, 0.15) is 37.5 Å². The van der Waals surface area contributed by atoms with Crippen LogP contribution in [0.5, 0.6) is 0 Å². The van der Waals surface area contributed by atoms with Gasteiger partial charge in [-0.15, -0.1) is 0 Å². The van der Waals surface area contributed by atoms with E-state index in [0.29, 0.717) is 26.1 Å². The van der Waals surface area contributed by atoms with Crippen molar-refractivity contribution >= 4 is 11.9 Å². The molecule has 0 aliphatic carbocycles. The molecule has 24 heavy (non-hydrogen) atoms. The largest absolute Gasteiger partial charge is 0.468 e. The van der Waals surface area contributed by atoms with Gasteiger partial charge in [-0.3, -0.25) is 9.69 Å². The second kappa shape index (κ2) is 9.32. The molecule has 1 atom stereocenters. The number of carbonyl (C=O) groups excluding carboxylic acids is 2. The van der Waals surface area contributed by atoms with Crippen molar-refractivity contribution in [1.82, 2.24) is 20.4 Å². The Kier molecular flexibility index (Phi) is 7.11. The van der Waals surface area contributed by atoms with E-state index in [-0.39, 0.29) is 18.0 Å². The van der Waals surface area contributed by atoms with E-state index >= 15 is 0 Å². The first-order valence-electron chi connectivity index (χ1n) is 8.57. The minimum Gasteiger partial charge on any atom is -0.468 e. The summed E-state index contributed by atoms with van der Waals surface area (Å²) in [5.41, 5.74) is 0. The van der Waals surface area contributed by atoms with Gasteiger partial charge in [0.05, 0.1) is 12.3 Å². The Balaban J connectivity index is 1.70. The van der Waals surface area contributed by atoms with Crippen LogP contribution in [0.15, 0.2) is 22.8 Å². The van der Waals surface area contributed by atoms with Crippen LogP contribution in [-0.2, 0) is 4.79 Å². The highest BCUT2D eigenvalue weighted by Crippen LogP contribution is 2.17. The number of carbonyl (C=O) groups is 2. The minimum absolute atomic E-state index is 0.0158. The maximum atomic E-state index is 12.0. The van der Waals surface area contributed by atoms with Crippen molar-refractivity contribution in [3.05, 3.63) is 24.2 Å². The quantitative estimate of drug-likeness (QED) is 0.792. The molecule has 2 rings (SSSR count). The summed E-state index contributed by atoms with van der Waals surface area (Å²) in [5, 5.41) is 5.68. The Morgan fingerprint density at radius 1 is 1.33 bits per heavy atom. The van der Waals surface area contributed by atoms with Crippen LogP contribution in [0.3, 0.4) is 0 Å². The highest BCUT2D eigenvalue weighted by atomic mass is 16.3. The molecule has 134 valence electrons. The topological polar surface area (TPSA) is 77.8 Å². The van der Waals surface area contributed by atoms with Gasteiger partial charge in [-0.2, -0.15) is 0 Å². The van der Waals surface area contributed by atoms with Gasteiger partial charge in [0.1, 0.15) is 5.76 Å². The Labute approximate surface area is 143 Å². The molecule has 3 amide bonds. The fourth-order valence-electron chi connectivity index (χ4n) is 2.85. The third kappa shape index (κ3) is 5.56. The lowest BCUT2D eigenvalue weighted by Crippen LogP contribution is -2.44. The molecule has 0 bridgehead atoms. The minimum atomic E-state index is -0.226. The number of likely N-dealkylation sites (tertiary alicyclic amines) is 1. The van der Waals surface area contributed by atoms with E-state index in [2.05, 4.69) is 10.6 Å². The number of hydrogen-bond acceptors (Lipinski definition) is 4. The van der Waals surface area contributed by atoms with Crippen LogP contribution in [0.25, 0.3) is 0 Å². The normalized spacial score (nSPS) is 16.8. The van der Waals surface area contributed by atoms with Gasteiger partial charge in [0.2, 0.25) is 5.91 Å². The lowest BCUT2D eigenvalue weighted by atomic mass is 10.2. The molecule has 1 aromatic heterocycles. The number of nitrogens with one attached hydrogen (secondary N) is 2. The van der Waals surface area contributed by atoms with Crippen LogP contribution in [0.2, 0.25) is 0 Å². The number of furan rings is 1. The standard InChI is InChI=1S/C17H28N4O3/c1-20(2)14(15-7-6-12-24-15)13-19-17(23)18-9-11-21-10-5-3-4-8-16(21)22/h6-7,12,14H,3-5,8-11,13H2,1-2H3,(H2,18,19,23). The van der Waals surface area contributed by atoms with Crippen molar-refractivity contribution < 1.29 is 14.0 Å². The molecule has 2 N–H and O–H groups in total. The van der Waals surface area contributed by atoms with E-state index in [1.165, 1.54) is 0 Å². The van der Waals surface area contributed by atoms with Crippen molar-refractivity contribution in [2.24, 2.45) is 0 Å². The van der Waals surface area contributed by atoms with Gasteiger partial charge in [0.25, 0.3) is 0 Å². The lowest BCUT2D eigenvalue weighted by molar-refractivity contribution is -0.130. The Morgan fingerprint density at radius 2 is 2.17 bits per heavy atom. The first-order valence-corrected chi connectivity index (χ1v) is 8.57. The van der Waals surface area contributed by atoms with Gasteiger partial charge < -0.3 is 20.0 Å². The molecule has 1 saturated heterocycles. The van der Waals surface area contributed by atoms with Crippen LogP contribution >= 0.6 is 0 Å². The average Bonchev–Trinajstić information content (AvgIpc) is 2.98. The summed E-state index contributed by atoms with van der Waals surface area (Å²) in [7, 11) is 3.88. The molecule has 1 unspecified atom stereocenters. The molecule has 0 spiro atoms. The SMILES string of the molecule is CN(C)C(CNC(=O)NCCN1CCCCCC1=O)c1ccco1. The molecule has 1 aromatic rings. The maximum Gasteiger partial charge on any atom is 0.314 e. The van der Waals surface area contributed by atoms with Gasteiger partial charge in [-0.05, 0) is 39.1 Å². The van der Waals surface area contributed by atoms with Crippen molar-refractivity contribution in [3.63, 3.8) is 0 Å². The number of likely N-dealkylation sites (N-methyl/N-ethyl adjacent to an activating group) is 1. The lowest BCUT2D eigenvalue weighted by Gasteiger charge is -2.23. The summed E-state index contributed by atoms with van der Waals surface area (Å²) in [6, 6.07) is 3.49. The average molecular weight is 336 g/mol. The zero-order valence-electron chi connectivity index (χ0n) is 14.6. The molecule has 1 aliphatic rings. The molecule has 2 heterocycles. The third-order valence-electron chi connectivity index (χ3n) is 4.29. The Morgan fingerprint density at radius 3 is 2.88 bits per heavy atom. The number of rotatable bonds is 7. The molecular weight excluding hydrogens is 308 g/mol. The van der Waals surface area contributed by atoms with Crippen LogP contribution in [0.4, 0.5) is 4.79 Å². The highest BCUT2D eigenvalue weighted by Gasteiger charge is 2.18. The smallest absolute Gasteiger partial charge is 0.314 e. The second-order valence-electron chi connectivity index (χ2n) is 6.32. The first-order chi connectivity index (χ1) is 11.6. The fraction of sp³-hybridized carbons (Fsp3) is 0.647. The summed E-state index contributed by atoms with van der Waals surface area (Å²) >= 11 is 0. The number of amides is 3. The summed E-state index contributed by atoms with van der Waals surface area (Å²) in [4.78, 5) is 27.7. The van der Waals surface area contributed by atoms with E-state index in [4.69, 9.17) is 4.42 Å². The molecule has 0 aromatic carbocycles. The first kappa shape index (κ1) is 18.3. The number of hydrogen-bond donors (Lipinski definition) is 2. The predicted octanol–water partition coefficient (Wildman–Crippen LogP) is 1.58. The summed E-state index contributed by atoms with van der Waals surface area (Å²) in [6.07, 6.45) is 5.38. The van der Waals surface area contributed by atoms with Gasteiger partial charge in [0.15, 0.2) is 0 Å². The Hall–Kier alpha value is -2.02. The number of nitrogens with zero attached hydrogens (tertiary/aromatic N) is 2. The molecule has 7 nitrogen and oxygen atoms in total. The van der Waals surface area contributed by atoms with Crippen molar-refractivity contribution in [3.8, 4) is 0 Å². The monoisotopic (exact) mass is 336 g/mol. The second-order valence-corrected chi connectivity index (χ2v) is 6.32. The molecule has 1 aliphatic heterocycles. The van der Waals surface area contributed by atoms with Gasteiger partial charge >= 0.3 is 6.03 Å². The van der Waals surface area contributed by atoms with Gasteiger partial charge in [-0.25, -0.2) is 4.79 Å². The van der Waals surface area contributed by atoms with Crippen LogP contribution < -0.4 is 10.6 Å². The van der Waals surface area contributed by atoms with Crippen molar-refractivity contribution in [2.45, 2.75) is 31.7 Å². The van der Waals surface area contributed by atoms with E-state index in [1.54, 1.807) is 6.26 Å². The van der Waals surface area contributed by atoms with E-state index in [1.807, 2.05) is 36.0 Å². The predicted molar refractivity (Wildman–Crippen MR) is 91.6 cm³/mol. The molecule has 1 fully saturated rings. The summed E-state index contributed by atoms with van der Waals surface area (Å²) in [6.45, 7) is 2.28. The summed E-state index contributed by atoms with van der Waals surface area (Å²) < 4.78 is 5.42. The highest BCUT2D eigenvalue weighted by molar-refractivity contribution is 5.76. The molecule has 0 radical (unpaired) electrons. The molecule has 7 heteroatoms. The molecule has 0 saturated carbocycles. The Bertz CT molecular complexity index is 516. The maximum absolute atomic E-state index is 12.0. The van der Waals surface area contributed by atoms with Crippen molar-refractivity contribution in [2.75, 3.05) is 40.3 Å². The third-order valence-corrected chi connectivity index (χ3v) is 4.29. The van der Waals surface area contributed by atoms with Crippen LogP contribution in [-0.4, -0.2) is 62.0 Å². The zero-order valence-corrected chi connectivity index (χ0v) is 14.6. The van der Waals surface area contributed by atoms with E-state index < -0.39 is 0 Å². The van der Waals surface area contributed by atoms with Crippen LogP contribution in [0, 0.1) is 0 Å². The molecular formula is C17H28N4O3. The van der Waals surface area contributed by atoms with E-state index in [9.17, 15) is 9.59 Å². The van der Waals surface area contributed by atoms with Gasteiger partial charge in [0, 0.05) is 32.6 Å². The fourth-order valence-corrected chi connectivity index (χ4v) is 2.85.